The van der Waals surface area contributed by atoms with Crippen molar-refractivity contribution in [3.05, 3.63) is 29.3 Å². The van der Waals surface area contributed by atoms with Crippen LogP contribution in [0.3, 0.4) is 0 Å². The fourth-order valence-electron chi connectivity index (χ4n) is 2.77. The summed E-state index contributed by atoms with van der Waals surface area (Å²) in [5.41, 5.74) is 1.74. The van der Waals surface area contributed by atoms with Gasteiger partial charge in [0.1, 0.15) is 0 Å². The molecule has 1 heterocycles. The average Bonchev–Trinajstić information content (AvgIpc) is 2.47. The summed E-state index contributed by atoms with van der Waals surface area (Å²) in [5, 5.41) is 0. The molecule has 0 aromatic heterocycles. The molecule has 6 heteroatoms. The molecule has 2 rings (SSSR count). The third-order valence-corrected chi connectivity index (χ3v) is 5.58. The van der Waals surface area contributed by atoms with Gasteiger partial charge in [0, 0.05) is 26.1 Å². The first-order chi connectivity index (χ1) is 10.4. The standard InChI is InChI=1S/C16H24N2O3S/c1-13-6-7-15(14(2)12-13)22(20,21)17-9-8-16(19)18-10-4-3-5-11-18/h6-7,12,17H,3-5,8-11H2,1-2H3. The van der Waals surface area contributed by atoms with Crippen LogP contribution < -0.4 is 4.72 Å². The maximum Gasteiger partial charge on any atom is 0.240 e. The van der Waals surface area contributed by atoms with Crippen LogP contribution in [-0.4, -0.2) is 38.9 Å². The topological polar surface area (TPSA) is 66.5 Å². The van der Waals surface area contributed by atoms with E-state index in [1.54, 1.807) is 19.1 Å². The smallest absolute Gasteiger partial charge is 0.240 e. The highest BCUT2D eigenvalue weighted by molar-refractivity contribution is 7.89. The van der Waals surface area contributed by atoms with Crippen molar-refractivity contribution in [2.24, 2.45) is 0 Å². The molecule has 1 fully saturated rings. The van der Waals surface area contributed by atoms with E-state index in [1.807, 2.05) is 17.9 Å². The summed E-state index contributed by atoms with van der Waals surface area (Å²) in [6.45, 7) is 5.44. The second kappa shape index (κ2) is 7.24. The van der Waals surface area contributed by atoms with Crippen LogP contribution in [-0.2, 0) is 14.8 Å². The second-order valence-corrected chi connectivity index (χ2v) is 7.59. The molecular formula is C16H24N2O3S. The summed E-state index contributed by atoms with van der Waals surface area (Å²) in [5.74, 6) is 0.0306. The predicted molar refractivity (Wildman–Crippen MR) is 86.2 cm³/mol. The molecular weight excluding hydrogens is 300 g/mol. The van der Waals surface area contributed by atoms with E-state index in [0.717, 1.165) is 37.1 Å². The van der Waals surface area contributed by atoms with E-state index in [0.29, 0.717) is 0 Å². The van der Waals surface area contributed by atoms with Gasteiger partial charge in [0.2, 0.25) is 15.9 Å². The molecule has 0 spiro atoms. The molecule has 0 bridgehead atoms. The van der Waals surface area contributed by atoms with Gasteiger partial charge in [-0.15, -0.1) is 0 Å². The molecule has 1 amide bonds. The molecule has 5 nitrogen and oxygen atoms in total. The van der Waals surface area contributed by atoms with Crippen LogP contribution in [0.15, 0.2) is 23.1 Å². The number of likely N-dealkylation sites (tertiary alicyclic amines) is 1. The van der Waals surface area contributed by atoms with Crippen LogP contribution in [0.2, 0.25) is 0 Å². The molecule has 1 N–H and O–H groups in total. The zero-order valence-corrected chi connectivity index (χ0v) is 14.1. The van der Waals surface area contributed by atoms with Gasteiger partial charge in [0.25, 0.3) is 0 Å². The molecule has 1 saturated heterocycles. The number of carbonyl (C=O) groups excluding carboxylic acids is 1. The Morgan fingerprint density at radius 1 is 1.18 bits per heavy atom. The highest BCUT2D eigenvalue weighted by atomic mass is 32.2. The van der Waals surface area contributed by atoms with Crippen molar-refractivity contribution in [3.63, 3.8) is 0 Å². The average molecular weight is 324 g/mol. The highest BCUT2D eigenvalue weighted by Crippen LogP contribution is 2.16. The Bertz CT molecular complexity index is 635. The van der Waals surface area contributed by atoms with Crippen molar-refractivity contribution < 1.29 is 13.2 Å². The molecule has 1 aliphatic rings. The lowest BCUT2D eigenvalue weighted by Gasteiger charge is -2.26. The number of piperidine rings is 1. The first-order valence-corrected chi connectivity index (χ1v) is 9.23. The van der Waals surface area contributed by atoms with Gasteiger partial charge >= 0.3 is 0 Å². The lowest BCUT2D eigenvalue weighted by Crippen LogP contribution is -2.37. The third kappa shape index (κ3) is 4.30. The first kappa shape index (κ1) is 17.0. The molecule has 122 valence electrons. The van der Waals surface area contributed by atoms with E-state index in [9.17, 15) is 13.2 Å². The summed E-state index contributed by atoms with van der Waals surface area (Å²) in [4.78, 5) is 14.1. The van der Waals surface area contributed by atoms with Crippen molar-refractivity contribution in [2.75, 3.05) is 19.6 Å². The molecule has 0 saturated carbocycles. The Labute approximate surface area is 132 Å². The number of benzene rings is 1. The minimum atomic E-state index is -3.55. The van der Waals surface area contributed by atoms with Gasteiger partial charge in [0.05, 0.1) is 4.90 Å². The molecule has 0 aliphatic carbocycles. The molecule has 0 radical (unpaired) electrons. The molecule has 1 aromatic rings. The molecule has 1 aliphatic heterocycles. The first-order valence-electron chi connectivity index (χ1n) is 7.75. The fraction of sp³-hybridized carbons (Fsp3) is 0.562. The number of rotatable bonds is 5. The van der Waals surface area contributed by atoms with Gasteiger partial charge in [-0.25, -0.2) is 13.1 Å². The number of hydrogen-bond donors (Lipinski definition) is 1. The number of nitrogens with zero attached hydrogens (tertiary/aromatic N) is 1. The fourth-order valence-corrected chi connectivity index (χ4v) is 4.03. The van der Waals surface area contributed by atoms with E-state index < -0.39 is 10.0 Å². The lowest BCUT2D eigenvalue weighted by molar-refractivity contribution is -0.131. The number of aryl methyl sites for hydroxylation is 2. The largest absolute Gasteiger partial charge is 0.343 e. The van der Waals surface area contributed by atoms with Gasteiger partial charge in [-0.1, -0.05) is 17.7 Å². The maximum absolute atomic E-state index is 12.3. The SMILES string of the molecule is Cc1ccc(S(=O)(=O)NCCC(=O)N2CCCCC2)c(C)c1. The quantitative estimate of drug-likeness (QED) is 0.900. The number of carbonyl (C=O) groups is 1. The van der Waals surface area contributed by atoms with Crippen LogP contribution in [0.4, 0.5) is 0 Å². The molecule has 0 unspecified atom stereocenters. The molecule has 22 heavy (non-hydrogen) atoms. The number of nitrogens with one attached hydrogen (secondary N) is 1. The van der Waals surface area contributed by atoms with Gasteiger partial charge in [-0.3, -0.25) is 4.79 Å². The van der Waals surface area contributed by atoms with Crippen LogP contribution in [0.1, 0.15) is 36.8 Å². The van der Waals surface area contributed by atoms with Crippen molar-refractivity contribution in [1.29, 1.82) is 0 Å². The van der Waals surface area contributed by atoms with E-state index in [1.165, 1.54) is 6.42 Å². The zero-order valence-electron chi connectivity index (χ0n) is 13.3. The van der Waals surface area contributed by atoms with Gasteiger partial charge in [-0.05, 0) is 44.7 Å². The Morgan fingerprint density at radius 3 is 2.50 bits per heavy atom. The van der Waals surface area contributed by atoms with Crippen molar-refractivity contribution in [3.8, 4) is 0 Å². The van der Waals surface area contributed by atoms with Gasteiger partial charge in [0.15, 0.2) is 0 Å². The van der Waals surface area contributed by atoms with Crippen LogP contribution in [0, 0.1) is 13.8 Å². The highest BCUT2D eigenvalue weighted by Gasteiger charge is 2.19. The predicted octanol–water partition coefficient (Wildman–Crippen LogP) is 1.98. The van der Waals surface area contributed by atoms with Crippen LogP contribution in [0.5, 0.6) is 0 Å². The normalized spacial score (nSPS) is 15.8. The Morgan fingerprint density at radius 2 is 1.86 bits per heavy atom. The van der Waals surface area contributed by atoms with Gasteiger partial charge in [-0.2, -0.15) is 0 Å². The van der Waals surface area contributed by atoms with E-state index in [-0.39, 0.29) is 23.8 Å². The number of amides is 1. The Kier molecular flexibility index (Phi) is 5.58. The van der Waals surface area contributed by atoms with Crippen molar-refractivity contribution in [2.45, 2.75) is 44.4 Å². The summed E-state index contributed by atoms with van der Waals surface area (Å²) in [6, 6.07) is 5.23. The zero-order chi connectivity index (χ0) is 16.2. The summed E-state index contributed by atoms with van der Waals surface area (Å²) < 4.78 is 27.1. The third-order valence-electron chi connectivity index (χ3n) is 3.96. The summed E-state index contributed by atoms with van der Waals surface area (Å²) >= 11 is 0. The van der Waals surface area contributed by atoms with E-state index in [4.69, 9.17) is 0 Å². The number of sulfonamides is 1. The molecule has 1 aromatic carbocycles. The number of hydrogen-bond acceptors (Lipinski definition) is 3. The lowest BCUT2D eigenvalue weighted by atomic mass is 10.1. The molecule has 0 atom stereocenters. The van der Waals surface area contributed by atoms with Crippen molar-refractivity contribution in [1.82, 2.24) is 9.62 Å². The second-order valence-electron chi connectivity index (χ2n) is 5.86. The minimum absolute atomic E-state index is 0.0306. The Balaban J connectivity index is 1.91. The van der Waals surface area contributed by atoms with Crippen molar-refractivity contribution >= 4 is 15.9 Å². The maximum atomic E-state index is 12.3. The summed E-state index contributed by atoms with van der Waals surface area (Å²) in [7, 11) is -3.55. The van der Waals surface area contributed by atoms with E-state index in [2.05, 4.69) is 4.72 Å². The van der Waals surface area contributed by atoms with Crippen LogP contribution >= 0.6 is 0 Å². The van der Waals surface area contributed by atoms with Gasteiger partial charge < -0.3 is 4.90 Å². The Hall–Kier alpha value is -1.40. The monoisotopic (exact) mass is 324 g/mol. The summed E-state index contributed by atoms with van der Waals surface area (Å²) in [6.07, 6.45) is 3.47. The van der Waals surface area contributed by atoms with Crippen LogP contribution in [0.25, 0.3) is 0 Å². The van der Waals surface area contributed by atoms with E-state index >= 15 is 0 Å². The minimum Gasteiger partial charge on any atom is -0.343 e.